The topological polar surface area (TPSA) is 63.6 Å². The van der Waals surface area contributed by atoms with Crippen LogP contribution in [0.25, 0.3) is 0 Å². The van der Waals surface area contributed by atoms with E-state index < -0.39 is 16.8 Å². The normalized spacial score (nSPS) is 32.8. The highest BCUT2D eigenvalue weighted by Gasteiger charge is 2.94. The number of esters is 1. The van der Waals surface area contributed by atoms with Gasteiger partial charge in [-0.25, -0.2) is 0 Å². The highest BCUT2D eigenvalue weighted by Crippen LogP contribution is 2.89. The van der Waals surface area contributed by atoms with Crippen molar-refractivity contribution in [3.05, 3.63) is 70.8 Å². The molecule has 4 heteroatoms. The molecule has 5 rings (SSSR count). The highest BCUT2D eigenvalue weighted by molar-refractivity contribution is 6.08. The lowest BCUT2D eigenvalue weighted by Crippen LogP contribution is -2.34. The van der Waals surface area contributed by atoms with Crippen LogP contribution in [0.4, 0.5) is 0 Å². The molecule has 0 amide bonds. The first-order valence-corrected chi connectivity index (χ1v) is 8.61. The van der Waals surface area contributed by atoms with E-state index in [1.165, 1.54) is 0 Å². The first-order valence-electron chi connectivity index (χ1n) is 8.61. The Kier molecular flexibility index (Phi) is 2.54. The Morgan fingerprint density at radius 2 is 1.60 bits per heavy atom. The van der Waals surface area contributed by atoms with E-state index in [1.807, 2.05) is 48.5 Å². The van der Waals surface area contributed by atoms with Crippen LogP contribution in [0.5, 0.6) is 0 Å². The molecule has 1 fully saturated rings. The van der Waals surface area contributed by atoms with Gasteiger partial charge in [-0.2, -0.15) is 0 Å². The van der Waals surface area contributed by atoms with Crippen LogP contribution >= 0.6 is 0 Å². The number of hydrogen-bond acceptors (Lipinski definition) is 3. The first kappa shape index (κ1) is 14.7. The SMILES string of the molecule is CC(C)OC(=O)[C@@]12[C@@H]3c4ccccc4[C@H]1[C@]2(C(=O)O)c1ccccc13. The van der Waals surface area contributed by atoms with E-state index >= 15 is 0 Å². The summed E-state index contributed by atoms with van der Waals surface area (Å²) in [4.78, 5) is 25.8. The predicted octanol–water partition coefficient (Wildman–Crippen LogP) is 3.20. The van der Waals surface area contributed by atoms with Crippen molar-refractivity contribution in [3.8, 4) is 0 Å². The van der Waals surface area contributed by atoms with Crippen molar-refractivity contribution in [3.63, 3.8) is 0 Å². The minimum Gasteiger partial charge on any atom is -0.481 e. The van der Waals surface area contributed by atoms with Gasteiger partial charge in [-0.15, -0.1) is 0 Å². The van der Waals surface area contributed by atoms with Crippen LogP contribution in [0.2, 0.25) is 0 Å². The summed E-state index contributed by atoms with van der Waals surface area (Å²) in [7, 11) is 0. The molecule has 126 valence electrons. The fraction of sp³-hybridized carbons (Fsp3) is 0.333. The third kappa shape index (κ3) is 1.31. The summed E-state index contributed by atoms with van der Waals surface area (Å²) in [6.45, 7) is 3.60. The quantitative estimate of drug-likeness (QED) is 0.876. The van der Waals surface area contributed by atoms with Crippen LogP contribution in [-0.4, -0.2) is 23.1 Å². The van der Waals surface area contributed by atoms with Crippen LogP contribution in [0.3, 0.4) is 0 Å². The van der Waals surface area contributed by atoms with Crippen LogP contribution in [-0.2, 0) is 19.7 Å². The number of carboxylic acids is 1. The summed E-state index contributed by atoms with van der Waals surface area (Å²) >= 11 is 0. The summed E-state index contributed by atoms with van der Waals surface area (Å²) in [5.41, 5.74) is 1.52. The summed E-state index contributed by atoms with van der Waals surface area (Å²) in [6.07, 6.45) is -0.278. The minimum atomic E-state index is -1.20. The van der Waals surface area contributed by atoms with Crippen LogP contribution in [0, 0.1) is 5.41 Å². The van der Waals surface area contributed by atoms with Crippen molar-refractivity contribution < 1.29 is 19.4 Å². The maximum absolute atomic E-state index is 13.2. The largest absolute Gasteiger partial charge is 0.481 e. The Balaban J connectivity index is 1.84. The maximum Gasteiger partial charge on any atom is 0.316 e. The maximum atomic E-state index is 13.2. The molecule has 0 unspecified atom stereocenters. The minimum absolute atomic E-state index is 0.243. The van der Waals surface area contributed by atoms with Crippen LogP contribution in [0.1, 0.15) is 47.9 Å². The summed E-state index contributed by atoms with van der Waals surface area (Å²) < 4.78 is 5.60. The Hall–Kier alpha value is -2.62. The fourth-order valence-corrected chi connectivity index (χ4v) is 5.67. The number of carbonyl (C=O) groups is 2. The average molecular weight is 334 g/mol. The van der Waals surface area contributed by atoms with Gasteiger partial charge < -0.3 is 9.84 Å². The van der Waals surface area contributed by atoms with Crippen molar-refractivity contribution >= 4 is 11.9 Å². The van der Waals surface area contributed by atoms with Gasteiger partial charge in [0.05, 0.1) is 6.10 Å². The second kappa shape index (κ2) is 4.31. The molecule has 1 N–H and O–H groups in total. The molecular weight excluding hydrogens is 316 g/mol. The molecule has 1 saturated carbocycles. The smallest absolute Gasteiger partial charge is 0.316 e. The zero-order chi connectivity index (χ0) is 17.6. The molecule has 4 atom stereocenters. The van der Waals surface area contributed by atoms with Crippen LogP contribution in [0.15, 0.2) is 48.5 Å². The summed E-state index contributed by atoms with van der Waals surface area (Å²) in [5, 5.41) is 10.2. The summed E-state index contributed by atoms with van der Waals surface area (Å²) in [5.74, 6) is -1.90. The number of carboxylic acid groups (broad SMARTS) is 1. The fourth-order valence-electron chi connectivity index (χ4n) is 5.67. The lowest BCUT2D eigenvalue weighted by atomic mass is 9.82. The predicted molar refractivity (Wildman–Crippen MR) is 90.4 cm³/mol. The van der Waals surface area contributed by atoms with E-state index in [1.54, 1.807) is 13.8 Å². The molecule has 0 heterocycles. The van der Waals surface area contributed by atoms with E-state index in [0.29, 0.717) is 0 Å². The van der Waals surface area contributed by atoms with Crippen molar-refractivity contribution in [1.29, 1.82) is 0 Å². The second-order valence-electron chi connectivity index (χ2n) is 7.52. The number of aliphatic carboxylic acids is 1. The number of rotatable bonds is 3. The molecule has 4 nitrogen and oxygen atoms in total. The lowest BCUT2D eigenvalue weighted by Gasteiger charge is -2.22. The monoisotopic (exact) mass is 334 g/mol. The second-order valence-corrected chi connectivity index (χ2v) is 7.52. The molecule has 0 aliphatic heterocycles. The standard InChI is InChI=1S/C21H18O4/c1-11(2)25-19(24)21-16-12-7-3-4-8-13(12)17(21)20(21,18(22)23)15-10-6-5-9-14(15)16/h3-11,16-17H,1-2H3,(H,22,23)/t16-,17+,20+,21-/m1/s1. The molecule has 2 aromatic carbocycles. The molecule has 0 bridgehead atoms. The van der Waals surface area contributed by atoms with Gasteiger partial charge in [0.1, 0.15) is 10.8 Å². The molecule has 0 aromatic heterocycles. The molecule has 0 saturated heterocycles. The van der Waals surface area contributed by atoms with Crippen LogP contribution < -0.4 is 0 Å². The van der Waals surface area contributed by atoms with Gasteiger partial charge in [-0.3, -0.25) is 9.59 Å². The number of carbonyl (C=O) groups excluding carboxylic acids is 1. The van der Waals surface area contributed by atoms with Gasteiger partial charge in [-0.05, 0) is 36.1 Å². The van der Waals surface area contributed by atoms with Crippen molar-refractivity contribution in [2.24, 2.45) is 5.41 Å². The van der Waals surface area contributed by atoms with E-state index in [9.17, 15) is 14.7 Å². The first-order chi connectivity index (χ1) is 12.0. The lowest BCUT2D eigenvalue weighted by molar-refractivity contribution is -0.158. The zero-order valence-electron chi connectivity index (χ0n) is 14.0. The number of hydrogen-bond donors (Lipinski definition) is 1. The molecule has 3 aliphatic rings. The highest BCUT2D eigenvalue weighted by atomic mass is 16.5. The molecule has 0 radical (unpaired) electrons. The van der Waals surface area contributed by atoms with Gasteiger partial charge in [0, 0.05) is 11.8 Å². The Morgan fingerprint density at radius 1 is 1.00 bits per heavy atom. The van der Waals surface area contributed by atoms with Gasteiger partial charge >= 0.3 is 11.9 Å². The van der Waals surface area contributed by atoms with Crippen molar-refractivity contribution in [2.75, 3.05) is 0 Å². The zero-order valence-corrected chi connectivity index (χ0v) is 14.0. The Morgan fingerprint density at radius 3 is 2.24 bits per heavy atom. The third-order valence-electron chi connectivity index (χ3n) is 6.25. The molecular formula is C21H18O4. The van der Waals surface area contributed by atoms with Gasteiger partial charge in [0.2, 0.25) is 0 Å². The molecule has 3 aliphatic carbocycles. The van der Waals surface area contributed by atoms with Crippen molar-refractivity contribution in [2.45, 2.75) is 37.2 Å². The summed E-state index contributed by atoms with van der Waals surface area (Å²) in [6, 6.07) is 15.5. The number of fused-ring (bicyclic) bond motifs is 7. The molecule has 2 aromatic rings. The molecule has 0 spiro atoms. The van der Waals surface area contributed by atoms with Crippen molar-refractivity contribution in [1.82, 2.24) is 0 Å². The van der Waals surface area contributed by atoms with E-state index in [0.717, 1.165) is 22.3 Å². The Bertz CT molecular complexity index is 946. The average Bonchev–Trinajstić information content (AvgIpc) is 3.02. The van der Waals surface area contributed by atoms with E-state index in [-0.39, 0.29) is 23.9 Å². The van der Waals surface area contributed by atoms with E-state index in [2.05, 4.69) is 0 Å². The number of benzene rings is 2. The van der Waals surface area contributed by atoms with Gasteiger partial charge in [0.25, 0.3) is 0 Å². The third-order valence-corrected chi connectivity index (χ3v) is 6.25. The molecule has 25 heavy (non-hydrogen) atoms. The van der Waals surface area contributed by atoms with Gasteiger partial charge in [-0.1, -0.05) is 48.5 Å². The van der Waals surface area contributed by atoms with Gasteiger partial charge in [0.15, 0.2) is 0 Å². The number of ether oxygens (including phenoxy) is 1. The van der Waals surface area contributed by atoms with E-state index in [4.69, 9.17) is 4.74 Å². The Labute approximate surface area is 145 Å².